The minimum atomic E-state index is -2.64. The van der Waals surface area contributed by atoms with Crippen LogP contribution in [0.3, 0.4) is 0 Å². The molecule has 1 aromatic heterocycles. The highest BCUT2D eigenvalue weighted by Gasteiger charge is 2.21. The zero-order chi connectivity index (χ0) is 12.3. The molecule has 0 N–H and O–H groups in total. The first kappa shape index (κ1) is 14.0. The fourth-order valence-electron chi connectivity index (χ4n) is 0.981. The summed E-state index contributed by atoms with van der Waals surface area (Å²) in [7, 11) is 0. The van der Waals surface area contributed by atoms with Crippen molar-refractivity contribution in [2.75, 3.05) is 6.61 Å². The van der Waals surface area contributed by atoms with Crippen LogP contribution in [0, 0.1) is 7.14 Å². The monoisotopic (exact) mass is 453 g/mol. The Labute approximate surface area is 118 Å². The van der Waals surface area contributed by atoms with Gasteiger partial charge in [0, 0.05) is 9.77 Å². The highest BCUT2D eigenvalue weighted by atomic mass is 127. The highest BCUT2D eigenvalue weighted by Crippen LogP contribution is 2.28. The van der Waals surface area contributed by atoms with Crippen LogP contribution in [-0.4, -0.2) is 17.6 Å². The standard InChI is InChI=1S/C9H7F2I2NO2/c1-2-16-9(15)4-3-14-7(8(10)11)6(13)5(4)12/h3,8H,2H2,1H3. The van der Waals surface area contributed by atoms with Gasteiger partial charge < -0.3 is 4.74 Å². The van der Waals surface area contributed by atoms with Gasteiger partial charge in [0.1, 0.15) is 5.69 Å². The number of hydrogen-bond acceptors (Lipinski definition) is 3. The predicted octanol–water partition coefficient (Wildman–Crippen LogP) is 3.41. The van der Waals surface area contributed by atoms with Crippen molar-refractivity contribution in [1.82, 2.24) is 4.98 Å². The molecule has 0 bridgehead atoms. The maximum absolute atomic E-state index is 12.5. The first-order valence-corrected chi connectivity index (χ1v) is 6.44. The van der Waals surface area contributed by atoms with Crippen molar-refractivity contribution in [2.45, 2.75) is 13.3 Å². The summed E-state index contributed by atoms with van der Waals surface area (Å²) in [5.41, 5.74) is -0.0886. The normalized spacial score (nSPS) is 10.6. The average molecular weight is 453 g/mol. The lowest BCUT2D eigenvalue weighted by Gasteiger charge is -2.08. The van der Waals surface area contributed by atoms with Crippen molar-refractivity contribution in [3.8, 4) is 0 Å². The number of ether oxygens (including phenoxy) is 1. The number of aromatic nitrogens is 1. The molecule has 0 fully saturated rings. The maximum Gasteiger partial charge on any atom is 0.340 e. The Morgan fingerprint density at radius 1 is 1.50 bits per heavy atom. The number of alkyl halides is 2. The molecule has 7 heteroatoms. The Balaban J connectivity index is 3.16. The number of hydrogen-bond donors (Lipinski definition) is 0. The number of nitrogens with zero attached hydrogens (tertiary/aromatic N) is 1. The molecule has 3 nitrogen and oxygen atoms in total. The second-order valence-corrected chi connectivity index (χ2v) is 4.86. The van der Waals surface area contributed by atoms with Crippen LogP contribution < -0.4 is 0 Å². The van der Waals surface area contributed by atoms with Crippen LogP contribution in [0.5, 0.6) is 0 Å². The van der Waals surface area contributed by atoms with E-state index >= 15 is 0 Å². The second kappa shape index (κ2) is 6.03. The molecule has 1 aromatic rings. The van der Waals surface area contributed by atoms with Crippen LogP contribution in [-0.2, 0) is 4.74 Å². The quantitative estimate of drug-likeness (QED) is 0.521. The van der Waals surface area contributed by atoms with Crippen LogP contribution >= 0.6 is 45.2 Å². The molecule has 1 heterocycles. The van der Waals surface area contributed by atoms with Gasteiger partial charge in [0.15, 0.2) is 0 Å². The van der Waals surface area contributed by atoms with E-state index in [1.807, 2.05) is 22.6 Å². The minimum Gasteiger partial charge on any atom is -0.462 e. The van der Waals surface area contributed by atoms with Crippen LogP contribution in [0.1, 0.15) is 29.4 Å². The zero-order valence-corrected chi connectivity index (χ0v) is 12.5. The summed E-state index contributed by atoms with van der Waals surface area (Å²) in [5.74, 6) is -0.543. The number of carbonyl (C=O) groups is 1. The van der Waals surface area contributed by atoms with E-state index in [-0.39, 0.29) is 17.9 Å². The van der Waals surface area contributed by atoms with Crippen molar-refractivity contribution in [2.24, 2.45) is 0 Å². The molecule has 0 aromatic carbocycles. The molecule has 88 valence electrons. The Hall–Kier alpha value is -0.0600. The van der Waals surface area contributed by atoms with Gasteiger partial charge in [0.2, 0.25) is 0 Å². The molecule has 0 spiro atoms. The summed E-state index contributed by atoms with van der Waals surface area (Å²) in [6, 6.07) is 0. The Kier molecular flexibility index (Phi) is 5.28. The molecule has 1 rings (SSSR count). The Bertz CT molecular complexity index is 413. The van der Waals surface area contributed by atoms with Gasteiger partial charge in [0.25, 0.3) is 6.43 Å². The maximum atomic E-state index is 12.5. The van der Waals surface area contributed by atoms with E-state index in [0.717, 1.165) is 6.20 Å². The summed E-state index contributed by atoms with van der Waals surface area (Å²) < 4.78 is 30.5. The van der Waals surface area contributed by atoms with E-state index in [1.54, 1.807) is 29.5 Å². The Morgan fingerprint density at radius 2 is 2.12 bits per heavy atom. The lowest BCUT2D eigenvalue weighted by atomic mass is 10.2. The van der Waals surface area contributed by atoms with Gasteiger partial charge >= 0.3 is 5.97 Å². The Morgan fingerprint density at radius 3 is 2.62 bits per heavy atom. The number of rotatable bonds is 3. The van der Waals surface area contributed by atoms with Crippen LogP contribution in [0.15, 0.2) is 6.20 Å². The fourth-order valence-corrected chi connectivity index (χ4v) is 2.28. The van der Waals surface area contributed by atoms with Gasteiger partial charge in [-0.3, -0.25) is 4.98 Å². The van der Waals surface area contributed by atoms with Crippen molar-refractivity contribution < 1.29 is 18.3 Å². The lowest BCUT2D eigenvalue weighted by Crippen LogP contribution is -2.10. The van der Waals surface area contributed by atoms with Crippen LogP contribution in [0.25, 0.3) is 0 Å². The van der Waals surface area contributed by atoms with Gasteiger partial charge in [-0.1, -0.05) is 0 Å². The summed E-state index contributed by atoms with van der Waals surface area (Å²) in [6.45, 7) is 1.92. The summed E-state index contributed by atoms with van der Waals surface area (Å²) in [6.07, 6.45) is -1.51. The van der Waals surface area contributed by atoms with Crippen LogP contribution in [0.4, 0.5) is 8.78 Å². The van der Waals surface area contributed by atoms with E-state index in [9.17, 15) is 13.6 Å². The van der Waals surface area contributed by atoms with Gasteiger partial charge in [-0.05, 0) is 52.1 Å². The third-order valence-corrected chi connectivity index (χ3v) is 4.93. The molecule has 0 aliphatic carbocycles. The molecule has 0 atom stereocenters. The molecular weight excluding hydrogens is 446 g/mol. The number of pyridine rings is 1. The summed E-state index contributed by atoms with van der Waals surface area (Å²) in [5, 5.41) is 0. The molecule has 0 unspecified atom stereocenters. The summed E-state index contributed by atoms with van der Waals surface area (Å²) in [4.78, 5) is 15.0. The SMILES string of the molecule is CCOC(=O)c1cnc(C(F)F)c(I)c1I. The molecule has 0 aliphatic rings. The van der Waals surface area contributed by atoms with Crippen molar-refractivity contribution in [3.05, 3.63) is 24.6 Å². The smallest absolute Gasteiger partial charge is 0.340 e. The molecule has 0 amide bonds. The summed E-state index contributed by atoms with van der Waals surface area (Å²) >= 11 is 3.59. The number of carbonyl (C=O) groups excluding carboxylic acids is 1. The first-order chi connectivity index (χ1) is 7.49. The molecular formula is C9H7F2I2NO2. The molecule has 0 radical (unpaired) electrons. The lowest BCUT2D eigenvalue weighted by molar-refractivity contribution is 0.0523. The van der Waals surface area contributed by atoms with E-state index < -0.39 is 12.4 Å². The third kappa shape index (κ3) is 2.99. The topological polar surface area (TPSA) is 39.2 Å². The van der Waals surface area contributed by atoms with Crippen molar-refractivity contribution in [1.29, 1.82) is 0 Å². The number of halogens is 4. The highest BCUT2D eigenvalue weighted by molar-refractivity contribution is 14.1. The largest absolute Gasteiger partial charge is 0.462 e. The molecule has 16 heavy (non-hydrogen) atoms. The van der Waals surface area contributed by atoms with Crippen molar-refractivity contribution in [3.63, 3.8) is 0 Å². The van der Waals surface area contributed by atoms with E-state index in [1.165, 1.54) is 0 Å². The second-order valence-electron chi connectivity index (χ2n) is 2.71. The molecule has 0 saturated carbocycles. The van der Waals surface area contributed by atoms with Gasteiger partial charge in [-0.2, -0.15) is 0 Å². The third-order valence-electron chi connectivity index (χ3n) is 1.69. The van der Waals surface area contributed by atoms with Gasteiger partial charge in [-0.25, -0.2) is 13.6 Å². The van der Waals surface area contributed by atoms with Gasteiger partial charge in [0.05, 0.1) is 15.7 Å². The predicted molar refractivity (Wildman–Crippen MR) is 70.6 cm³/mol. The van der Waals surface area contributed by atoms with E-state index in [2.05, 4.69) is 4.98 Å². The van der Waals surface area contributed by atoms with E-state index in [0.29, 0.717) is 7.14 Å². The molecule has 0 saturated heterocycles. The van der Waals surface area contributed by atoms with Crippen LogP contribution in [0.2, 0.25) is 0 Å². The van der Waals surface area contributed by atoms with Crippen molar-refractivity contribution >= 4 is 51.2 Å². The first-order valence-electron chi connectivity index (χ1n) is 4.28. The minimum absolute atomic E-state index is 0.219. The fraction of sp³-hybridized carbons (Fsp3) is 0.333. The molecule has 0 aliphatic heterocycles. The zero-order valence-electron chi connectivity index (χ0n) is 8.14. The van der Waals surface area contributed by atoms with Gasteiger partial charge in [-0.15, -0.1) is 0 Å². The van der Waals surface area contributed by atoms with E-state index in [4.69, 9.17) is 4.74 Å². The number of esters is 1. The average Bonchev–Trinajstić information content (AvgIpc) is 2.21.